The molecular weight excluding hydrogens is 390 g/mol. The first-order valence-corrected chi connectivity index (χ1v) is 12.1. The Morgan fingerprint density at radius 2 is 1.55 bits per heavy atom. The summed E-state index contributed by atoms with van der Waals surface area (Å²) in [7, 11) is -3.53. The van der Waals surface area contributed by atoms with Crippen molar-refractivity contribution in [1.82, 2.24) is 13.5 Å². The summed E-state index contributed by atoms with van der Waals surface area (Å²) in [5.41, 5.74) is 3.37. The summed E-state index contributed by atoms with van der Waals surface area (Å²) in [6.07, 6.45) is 4.32. The predicted octanol–water partition coefficient (Wildman–Crippen LogP) is 1.68. The number of benzene rings is 1. The minimum Gasteiger partial charge on any atom is -0.373 e. The van der Waals surface area contributed by atoms with Crippen LogP contribution < -0.4 is 0 Å². The van der Waals surface area contributed by atoms with Gasteiger partial charge in [-0.3, -0.25) is 4.79 Å². The Labute approximate surface area is 173 Å². The quantitative estimate of drug-likeness (QED) is 0.745. The van der Waals surface area contributed by atoms with Crippen molar-refractivity contribution in [3.8, 4) is 0 Å². The molecule has 2 heterocycles. The van der Waals surface area contributed by atoms with Crippen LogP contribution in [0.3, 0.4) is 0 Å². The van der Waals surface area contributed by atoms with Crippen LogP contribution in [0.4, 0.5) is 0 Å². The van der Waals surface area contributed by atoms with E-state index < -0.39 is 10.2 Å². The van der Waals surface area contributed by atoms with Gasteiger partial charge in [0, 0.05) is 44.8 Å². The first kappa shape index (κ1) is 20.8. The maximum atomic E-state index is 13.0. The third-order valence-electron chi connectivity index (χ3n) is 6.16. The topological polar surface area (TPSA) is 70.2 Å². The number of ether oxygens (including phenoxy) is 1. The predicted molar refractivity (Wildman–Crippen MR) is 111 cm³/mol. The van der Waals surface area contributed by atoms with Gasteiger partial charge in [0.05, 0.1) is 12.2 Å². The van der Waals surface area contributed by atoms with Crippen LogP contribution in [-0.2, 0) is 27.8 Å². The van der Waals surface area contributed by atoms with Crippen molar-refractivity contribution in [3.63, 3.8) is 0 Å². The fourth-order valence-corrected chi connectivity index (χ4v) is 6.40. The molecule has 1 aliphatic carbocycles. The zero-order valence-corrected chi connectivity index (χ0v) is 18.2. The SMILES string of the molecule is CC1CN(S(=O)(=O)N2CCN(C(=O)c3ccc4c(c3)CCCC4)CC2)CC(C)O1. The number of rotatable bonds is 3. The zero-order valence-electron chi connectivity index (χ0n) is 17.3. The summed E-state index contributed by atoms with van der Waals surface area (Å²) in [6.45, 7) is 6.05. The van der Waals surface area contributed by atoms with Crippen molar-refractivity contribution in [2.24, 2.45) is 0 Å². The van der Waals surface area contributed by atoms with Crippen LogP contribution in [0, 0.1) is 0 Å². The number of piperazine rings is 1. The molecule has 0 N–H and O–H groups in total. The van der Waals surface area contributed by atoms with E-state index in [1.807, 2.05) is 26.0 Å². The molecule has 4 rings (SSSR count). The molecule has 160 valence electrons. The Bertz CT molecular complexity index is 855. The van der Waals surface area contributed by atoms with E-state index >= 15 is 0 Å². The second kappa shape index (κ2) is 8.34. The molecule has 2 fully saturated rings. The molecule has 1 aromatic carbocycles. The van der Waals surface area contributed by atoms with Crippen molar-refractivity contribution >= 4 is 16.1 Å². The van der Waals surface area contributed by atoms with Gasteiger partial charge < -0.3 is 9.64 Å². The number of nitrogens with zero attached hydrogens (tertiary/aromatic N) is 3. The van der Waals surface area contributed by atoms with Gasteiger partial charge >= 0.3 is 0 Å². The Kier molecular flexibility index (Phi) is 5.97. The summed E-state index contributed by atoms with van der Waals surface area (Å²) in [5.74, 6) is 0.00374. The maximum absolute atomic E-state index is 13.0. The lowest BCUT2D eigenvalue weighted by Gasteiger charge is -2.40. The van der Waals surface area contributed by atoms with Crippen LogP contribution in [0.25, 0.3) is 0 Å². The van der Waals surface area contributed by atoms with Crippen LogP contribution in [0.15, 0.2) is 18.2 Å². The first-order valence-electron chi connectivity index (χ1n) is 10.7. The highest BCUT2D eigenvalue weighted by molar-refractivity contribution is 7.86. The molecule has 29 heavy (non-hydrogen) atoms. The molecule has 0 spiro atoms. The van der Waals surface area contributed by atoms with Gasteiger partial charge in [0.25, 0.3) is 16.1 Å². The van der Waals surface area contributed by atoms with Gasteiger partial charge in [0.2, 0.25) is 0 Å². The van der Waals surface area contributed by atoms with Crippen LogP contribution in [0.1, 0.15) is 48.2 Å². The molecule has 2 unspecified atom stereocenters. The zero-order chi connectivity index (χ0) is 20.6. The lowest BCUT2D eigenvalue weighted by molar-refractivity contribution is -0.0457. The molecule has 3 aliphatic rings. The minimum absolute atomic E-state index is 0.00374. The number of amides is 1. The van der Waals surface area contributed by atoms with Crippen molar-refractivity contribution in [2.45, 2.75) is 51.7 Å². The molecule has 0 radical (unpaired) electrons. The number of hydrogen-bond donors (Lipinski definition) is 0. The Hall–Kier alpha value is -1.48. The highest BCUT2D eigenvalue weighted by atomic mass is 32.2. The lowest BCUT2D eigenvalue weighted by Crippen LogP contribution is -2.57. The number of hydrogen-bond acceptors (Lipinski definition) is 4. The van der Waals surface area contributed by atoms with Gasteiger partial charge in [-0.05, 0) is 62.8 Å². The Morgan fingerprint density at radius 1 is 0.931 bits per heavy atom. The van der Waals surface area contributed by atoms with Crippen LogP contribution in [-0.4, -0.2) is 79.3 Å². The molecule has 2 aliphatic heterocycles. The van der Waals surface area contributed by atoms with Gasteiger partial charge in [-0.25, -0.2) is 0 Å². The van der Waals surface area contributed by atoms with E-state index in [1.165, 1.54) is 32.6 Å². The molecule has 0 bridgehead atoms. The molecular formula is C21H31N3O4S. The molecule has 8 heteroatoms. The highest BCUT2D eigenvalue weighted by Crippen LogP contribution is 2.24. The summed E-state index contributed by atoms with van der Waals surface area (Å²) in [5, 5.41) is 0. The largest absolute Gasteiger partial charge is 0.373 e. The number of aryl methyl sites for hydroxylation is 2. The third kappa shape index (κ3) is 4.35. The Morgan fingerprint density at radius 3 is 2.21 bits per heavy atom. The minimum atomic E-state index is -3.53. The monoisotopic (exact) mass is 421 g/mol. The average Bonchev–Trinajstić information content (AvgIpc) is 2.72. The molecule has 1 amide bonds. The highest BCUT2D eigenvalue weighted by Gasteiger charge is 2.37. The van der Waals surface area contributed by atoms with E-state index in [0.29, 0.717) is 39.3 Å². The third-order valence-corrected chi connectivity index (χ3v) is 8.13. The van der Waals surface area contributed by atoms with E-state index in [9.17, 15) is 13.2 Å². The molecule has 0 saturated carbocycles. The molecule has 0 aromatic heterocycles. The van der Waals surface area contributed by atoms with E-state index in [4.69, 9.17) is 4.74 Å². The van der Waals surface area contributed by atoms with Crippen LogP contribution in [0.5, 0.6) is 0 Å². The van der Waals surface area contributed by atoms with Gasteiger partial charge in [-0.2, -0.15) is 17.0 Å². The van der Waals surface area contributed by atoms with Crippen LogP contribution >= 0.6 is 0 Å². The summed E-state index contributed by atoms with van der Waals surface area (Å²) in [4.78, 5) is 14.7. The van der Waals surface area contributed by atoms with E-state index in [-0.39, 0.29) is 18.1 Å². The van der Waals surface area contributed by atoms with E-state index in [0.717, 1.165) is 18.4 Å². The van der Waals surface area contributed by atoms with Gasteiger partial charge in [0.1, 0.15) is 0 Å². The van der Waals surface area contributed by atoms with Crippen molar-refractivity contribution in [1.29, 1.82) is 0 Å². The fourth-order valence-electron chi connectivity index (χ4n) is 4.65. The number of fused-ring (bicyclic) bond motifs is 1. The van der Waals surface area contributed by atoms with Crippen molar-refractivity contribution in [2.75, 3.05) is 39.3 Å². The number of morpholine rings is 1. The second-order valence-corrected chi connectivity index (χ2v) is 10.4. The van der Waals surface area contributed by atoms with Crippen molar-refractivity contribution in [3.05, 3.63) is 34.9 Å². The summed E-state index contributed by atoms with van der Waals surface area (Å²) >= 11 is 0. The second-order valence-electron chi connectivity index (χ2n) is 8.46. The standard InChI is InChI=1S/C21H31N3O4S/c1-16-14-24(15-17(2)28-16)29(26,27)23-11-9-22(10-12-23)21(25)20-8-7-18-5-3-4-6-19(18)13-20/h7-8,13,16-17H,3-6,9-12,14-15H2,1-2H3. The van der Waals surface area contributed by atoms with Gasteiger partial charge in [-0.15, -0.1) is 0 Å². The summed E-state index contributed by atoms with van der Waals surface area (Å²) < 4.78 is 34.8. The molecule has 2 saturated heterocycles. The van der Waals surface area contributed by atoms with Crippen LogP contribution in [0.2, 0.25) is 0 Å². The number of carbonyl (C=O) groups excluding carboxylic acids is 1. The summed E-state index contributed by atoms with van der Waals surface area (Å²) in [6, 6.07) is 6.05. The smallest absolute Gasteiger partial charge is 0.282 e. The van der Waals surface area contributed by atoms with Gasteiger partial charge in [0.15, 0.2) is 0 Å². The van der Waals surface area contributed by atoms with E-state index in [1.54, 1.807) is 4.90 Å². The average molecular weight is 422 g/mol. The van der Waals surface area contributed by atoms with Crippen molar-refractivity contribution < 1.29 is 17.9 Å². The molecule has 2 atom stereocenters. The number of carbonyl (C=O) groups is 1. The fraction of sp³-hybridized carbons (Fsp3) is 0.667. The Balaban J connectivity index is 1.39. The molecule has 7 nitrogen and oxygen atoms in total. The molecule has 1 aromatic rings. The maximum Gasteiger partial charge on any atom is 0.282 e. The lowest BCUT2D eigenvalue weighted by atomic mass is 9.90. The van der Waals surface area contributed by atoms with Gasteiger partial charge in [-0.1, -0.05) is 6.07 Å². The first-order chi connectivity index (χ1) is 13.8. The normalized spacial score (nSPS) is 26.9. The van der Waals surface area contributed by atoms with E-state index in [2.05, 4.69) is 6.07 Å².